The first-order valence-electron chi connectivity index (χ1n) is 4.07. The maximum absolute atomic E-state index is 11.5. The molecule has 0 N–H and O–H groups in total. The third kappa shape index (κ3) is 1.94. The Bertz CT molecular complexity index is 308. The Morgan fingerprint density at radius 2 is 1.50 bits per heavy atom. The van der Waals surface area contributed by atoms with Gasteiger partial charge in [-0.3, -0.25) is 0 Å². The zero-order valence-corrected chi connectivity index (χ0v) is 9.01. The molecule has 0 saturated carbocycles. The van der Waals surface area contributed by atoms with E-state index < -0.39 is 22.7 Å². The first-order valence-corrected chi connectivity index (χ1v) is 6.62. The van der Waals surface area contributed by atoms with E-state index in [1.165, 1.54) is 0 Å². The van der Waals surface area contributed by atoms with E-state index in [-0.39, 0.29) is 0 Å². The van der Waals surface area contributed by atoms with Crippen LogP contribution in [0.25, 0.3) is 0 Å². The molecule has 2 unspecified atom stereocenters. The summed E-state index contributed by atoms with van der Waals surface area (Å²) in [5, 5.41) is 0. The molecule has 0 amide bonds. The van der Waals surface area contributed by atoms with Crippen molar-refractivity contribution in [1.29, 1.82) is 0 Å². The van der Waals surface area contributed by atoms with Crippen molar-refractivity contribution in [2.75, 3.05) is 0 Å². The average molecular weight is 225 g/mol. The summed E-state index contributed by atoms with van der Waals surface area (Å²) in [6.07, 6.45) is 0. The van der Waals surface area contributed by atoms with E-state index in [1.807, 2.05) is 24.3 Å². The van der Waals surface area contributed by atoms with Gasteiger partial charge in [0.1, 0.15) is 0 Å². The Balaban J connectivity index is 2.34. The van der Waals surface area contributed by atoms with Crippen molar-refractivity contribution in [1.82, 2.24) is 3.62 Å². The maximum Gasteiger partial charge on any atom is 0.337 e. The van der Waals surface area contributed by atoms with Crippen LogP contribution in [0.2, 0.25) is 0 Å². The lowest BCUT2D eigenvalue weighted by Gasteiger charge is -2.19. The molecule has 0 fully saturated rings. The maximum atomic E-state index is 11.5. The van der Waals surface area contributed by atoms with Crippen LogP contribution < -0.4 is 0 Å². The summed E-state index contributed by atoms with van der Waals surface area (Å²) >= 11 is -2.77. The molecule has 0 bridgehead atoms. The van der Waals surface area contributed by atoms with Gasteiger partial charge in [0.05, 0.1) is 22.7 Å². The van der Waals surface area contributed by atoms with Crippen molar-refractivity contribution < 1.29 is 9.11 Å². The van der Waals surface area contributed by atoms with Crippen molar-refractivity contribution in [3.05, 3.63) is 35.4 Å². The van der Waals surface area contributed by atoms with Gasteiger partial charge in [0.15, 0.2) is 11.5 Å². The first-order chi connectivity index (χ1) is 6.68. The highest BCUT2D eigenvalue weighted by atomic mass is 32.3. The van der Waals surface area contributed by atoms with Crippen LogP contribution in [0.15, 0.2) is 24.3 Å². The Labute approximate surface area is 90.5 Å². The van der Waals surface area contributed by atoms with E-state index in [0.29, 0.717) is 11.5 Å². The van der Waals surface area contributed by atoms with Crippen LogP contribution in [-0.2, 0) is 34.2 Å². The van der Waals surface area contributed by atoms with Gasteiger partial charge in [-0.2, -0.15) is 0 Å². The zero-order chi connectivity index (χ0) is 10.1. The summed E-state index contributed by atoms with van der Waals surface area (Å²) in [5.74, 6) is 0.691. The lowest BCUT2D eigenvalue weighted by atomic mass is 10.1. The zero-order valence-electron chi connectivity index (χ0n) is 7.38. The Morgan fingerprint density at radius 1 is 1.07 bits per heavy atom. The Kier molecular flexibility index (Phi) is 3.09. The average Bonchev–Trinajstić information content (AvgIpc) is 2.28. The molecular formula is C8H8BNO2S2. The van der Waals surface area contributed by atoms with Crippen LogP contribution >= 0.6 is 0 Å². The van der Waals surface area contributed by atoms with Gasteiger partial charge in [-0.25, -0.2) is 0 Å². The fraction of sp³-hybridized carbons (Fsp3) is 0.250. The second kappa shape index (κ2) is 4.16. The molecule has 0 aromatic heterocycles. The standard InChI is InChI=1S/C8H8BNO2S2/c9-10-13(11)5-7-3-1-2-4-8(7)6-14(10)12/h1-4H,5-6H2. The summed E-state index contributed by atoms with van der Waals surface area (Å²) in [5.41, 5.74) is 1.93. The number of hydrogen-bond acceptors (Lipinski definition) is 3. The van der Waals surface area contributed by atoms with Crippen molar-refractivity contribution in [3.63, 3.8) is 0 Å². The molecule has 3 nitrogen and oxygen atoms in total. The molecule has 1 aliphatic heterocycles. The smallest absolute Gasteiger partial charge is 0.337 e. The monoisotopic (exact) mass is 225 g/mol. The highest BCUT2D eigenvalue weighted by Crippen LogP contribution is 2.24. The van der Waals surface area contributed by atoms with E-state index in [4.69, 9.17) is 7.98 Å². The molecule has 2 atom stereocenters. The molecule has 0 aliphatic carbocycles. The van der Waals surface area contributed by atoms with Crippen LogP contribution in [0.5, 0.6) is 0 Å². The van der Waals surface area contributed by atoms with E-state index >= 15 is 0 Å². The van der Waals surface area contributed by atoms with Crippen LogP contribution in [0.1, 0.15) is 11.1 Å². The molecule has 0 spiro atoms. The van der Waals surface area contributed by atoms with Gasteiger partial charge in [0.25, 0.3) is 0 Å². The fourth-order valence-corrected chi connectivity index (χ4v) is 3.73. The largest absolute Gasteiger partial charge is 0.595 e. The predicted octanol–water partition coefficient (Wildman–Crippen LogP) is 0.413. The molecule has 1 aromatic rings. The van der Waals surface area contributed by atoms with Gasteiger partial charge < -0.3 is 9.11 Å². The lowest BCUT2D eigenvalue weighted by molar-refractivity contribution is 0.551. The number of nitrogens with zero attached hydrogens (tertiary/aromatic N) is 1. The summed E-state index contributed by atoms with van der Waals surface area (Å²) < 4.78 is 23.9. The fourth-order valence-electron chi connectivity index (χ4n) is 1.33. The number of hydrogen-bond donors (Lipinski definition) is 0. The molecule has 2 radical (unpaired) electrons. The van der Waals surface area contributed by atoms with Crippen molar-refractivity contribution >= 4 is 30.7 Å². The topological polar surface area (TPSA) is 49.4 Å². The highest BCUT2D eigenvalue weighted by molar-refractivity contribution is 8.04. The Hall–Kier alpha value is -0.135. The van der Waals surface area contributed by atoms with Crippen molar-refractivity contribution in [2.24, 2.45) is 0 Å². The number of rotatable bonds is 0. The van der Waals surface area contributed by atoms with Gasteiger partial charge in [0.2, 0.25) is 0 Å². The number of benzene rings is 1. The quantitative estimate of drug-likeness (QED) is 0.474. The SMILES string of the molecule is [B]N1[S+]([O-])Cc2ccccc2C[S+]1[O-]. The van der Waals surface area contributed by atoms with Gasteiger partial charge in [-0.1, -0.05) is 24.3 Å². The van der Waals surface area contributed by atoms with E-state index in [0.717, 1.165) is 14.7 Å². The molecule has 6 heteroatoms. The van der Waals surface area contributed by atoms with Crippen molar-refractivity contribution in [2.45, 2.75) is 11.5 Å². The molecular weight excluding hydrogens is 217 g/mol. The van der Waals surface area contributed by atoms with Crippen molar-refractivity contribution in [3.8, 4) is 0 Å². The minimum atomic E-state index is -1.38. The lowest BCUT2D eigenvalue weighted by Crippen LogP contribution is -2.34. The summed E-state index contributed by atoms with van der Waals surface area (Å²) in [6, 6.07) is 7.55. The Morgan fingerprint density at radius 3 is 1.93 bits per heavy atom. The molecule has 1 aromatic carbocycles. The molecule has 2 rings (SSSR count). The van der Waals surface area contributed by atoms with E-state index in [9.17, 15) is 9.11 Å². The second-order valence-corrected chi connectivity index (χ2v) is 5.87. The van der Waals surface area contributed by atoms with Gasteiger partial charge >= 0.3 is 7.98 Å². The third-order valence-electron chi connectivity index (χ3n) is 2.08. The van der Waals surface area contributed by atoms with Gasteiger partial charge in [-0.15, -0.1) is 0 Å². The molecule has 14 heavy (non-hydrogen) atoms. The summed E-state index contributed by atoms with van der Waals surface area (Å²) in [7, 11) is 5.43. The molecule has 1 heterocycles. The third-order valence-corrected chi connectivity index (χ3v) is 4.99. The summed E-state index contributed by atoms with van der Waals surface area (Å²) in [4.78, 5) is 0. The second-order valence-electron chi connectivity index (χ2n) is 2.99. The van der Waals surface area contributed by atoms with Crippen LogP contribution in [-0.4, -0.2) is 20.7 Å². The molecule has 1 aliphatic rings. The van der Waals surface area contributed by atoms with Crippen LogP contribution in [0.4, 0.5) is 0 Å². The summed E-state index contributed by atoms with van der Waals surface area (Å²) in [6.45, 7) is 0. The number of fused-ring (bicyclic) bond motifs is 1. The normalized spacial score (nSPS) is 28.1. The highest BCUT2D eigenvalue weighted by Gasteiger charge is 2.31. The van der Waals surface area contributed by atoms with Crippen LogP contribution in [0, 0.1) is 0 Å². The minimum Gasteiger partial charge on any atom is -0.595 e. The first kappa shape index (κ1) is 10.4. The van der Waals surface area contributed by atoms with E-state index in [1.54, 1.807) is 0 Å². The molecule has 0 saturated heterocycles. The van der Waals surface area contributed by atoms with E-state index in [2.05, 4.69) is 0 Å². The predicted molar refractivity (Wildman–Crippen MR) is 57.7 cm³/mol. The van der Waals surface area contributed by atoms with Gasteiger partial charge in [0, 0.05) is 11.1 Å². The molecule has 72 valence electrons. The minimum absolute atomic E-state index is 0.346. The van der Waals surface area contributed by atoms with Crippen LogP contribution in [0.3, 0.4) is 0 Å². The van der Waals surface area contributed by atoms with Gasteiger partial charge in [-0.05, 0) is 3.62 Å².